The molecular formula is C33H37FN4O6. The molecule has 2 aromatic heterocycles. The van der Waals surface area contributed by atoms with Crippen LogP contribution in [0.3, 0.4) is 0 Å². The first-order valence-corrected chi connectivity index (χ1v) is 14.7. The smallest absolute Gasteiger partial charge is 0.337 e. The molecule has 3 heterocycles. The predicted octanol–water partition coefficient (Wildman–Crippen LogP) is 6.22. The maximum absolute atomic E-state index is 15.5. The highest BCUT2D eigenvalue weighted by Gasteiger charge is 2.34. The number of aryl methyl sites for hydroxylation is 1. The number of halogens is 1. The van der Waals surface area contributed by atoms with Gasteiger partial charge in [-0.25, -0.2) is 18.7 Å². The predicted molar refractivity (Wildman–Crippen MR) is 163 cm³/mol. The van der Waals surface area contributed by atoms with Gasteiger partial charge in [0.15, 0.2) is 29.1 Å². The second-order valence-electron chi connectivity index (χ2n) is 11.8. The average molecular weight is 605 g/mol. The lowest BCUT2D eigenvalue weighted by Crippen LogP contribution is -2.29. The van der Waals surface area contributed by atoms with Crippen molar-refractivity contribution in [1.29, 1.82) is 0 Å². The SMILES string of the molecule is Cc1nc2cc(NC(=O)CCCOc3ccccc3)nn2c(-c2cc(F)c3c(c2C)CCCO3)c1[C@H](OC(C)(C)C)C(=O)O. The lowest BCUT2D eigenvalue weighted by molar-refractivity contribution is -0.160. The van der Waals surface area contributed by atoms with Gasteiger partial charge in [0.2, 0.25) is 5.91 Å². The number of carbonyl (C=O) groups is 2. The Morgan fingerprint density at radius 1 is 1.18 bits per heavy atom. The largest absolute Gasteiger partial charge is 0.494 e. The molecule has 0 radical (unpaired) electrons. The van der Waals surface area contributed by atoms with Crippen LogP contribution in [0.15, 0.2) is 42.5 Å². The molecule has 0 saturated carbocycles. The number of amides is 1. The minimum Gasteiger partial charge on any atom is -0.494 e. The van der Waals surface area contributed by atoms with Gasteiger partial charge in [0.05, 0.1) is 24.5 Å². The summed E-state index contributed by atoms with van der Waals surface area (Å²) in [4.78, 5) is 30.1. The Morgan fingerprint density at radius 3 is 2.64 bits per heavy atom. The first-order valence-electron chi connectivity index (χ1n) is 14.7. The van der Waals surface area contributed by atoms with Crippen molar-refractivity contribution in [2.45, 2.75) is 72.0 Å². The normalized spacial score (nSPS) is 13.7. The summed E-state index contributed by atoms with van der Waals surface area (Å²) in [7, 11) is 0. The molecule has 4 aromatic rings. The lowest BCUT2D eigenvalue weighted by Gasteiger charge is -2.28. The zero-order valence-electron chi connectivity index (χ0n) is 25.6. The summed E-state index contributed by atoms with van der Waals surface area (Å²) in [5.74, 6) is -0.859. The number of anilines is 1. The molecule has 11 heteroatoms. The first kappa shape index (κ1) is 30.9. The minimum absolute atomic E-state index is 0.195. The quantitative estimate of drug-likeness (QED) is 0.205. The number of carbonyl (C=O) groups excluding carboxylic acids is 1. The van der Waals surface area contributed by atoms with E-state index in [0.29, 0.717) is 48.7 Å². The van der Waals surface area contributed by atoms with Gasteiger partial charge < -0.3 is 24.6 Å². The fraction of sp³-hybridized carbons (Fsp3) is 0.394. The van der Waals surface area contributed by atoms with E-state index in [-0.39, 0.29) is 29.5 Å². The molecule has 0 unspecified atom stereocenters. The van der Waals surface area contributed by atoms with Crippen molar-refractivity contribution in [2.75, 3.05) is 18.5 Å². The number of fused-ring (bicyclic) bond motifs is 2. The van der Waals surface area contributed by atoms with Crippen LogP contribution in [0.25, 0.3) is 16.9 Å². The minimum atomic E-state index is -1.43. The molecule has 2 N–H and O–H groups in total. The maximum atomic E-state index is 15.5. The molecule has 0 spiro atoms. The van der Waals surface area contributed by atoms with Crippen LogP contribution in [-0.2, 0) is 20.7 Å². The maximum Gasteiger partial charge on any atom is 0.337 e. The van der Waals surface area contributed by atoms with E-state index >= 15 is 4.39 Å². The van der Waals surface area contributed by atoms with E-state index in [1.807, 2.05) is 37.3 Å². The number of hydrogen-bond acceptors (Lipinski definition) is 7. The van der Waals surface area contributed by atoms with Gasteiger partial charge in [0.1, 0.15) is 5.75 Å². The fourth-order valence-corrected chi connectivity index (χ4v) is 5.40. The van der Waals surface area contributed by atoms with E-state index in [1.165, 1.54) is 10.6 Å². The number of para-hydroxylation sites is 1. The second kappa shape index (κ2) is 12.6. The molecule has 44 heavy (non-hydrogen) atoms. The van der Waals surface area contributed by atoms with Crippen LogP contribution in [0.4, 0.5) is 10.2 Å². The van der Waals surface area contributed by atoms with Gasteiger partial charge in [-0.1, -0.05) is 18.2 Å². The van der Waals surface area contributed by atoms with Crippen molar-refractivity contribution in [3.8, 4) is 22.8 Å². The number of benzene rings is 2. The second-order valence-corrected chi connectivity index (χ2v) is 11.8. The summed E-state index contributed by atoms with van der Waals surface area (Å²) in [5, 5.41) is 17.8. The average Bonchev–Trinajstić information content (AvgIpc) is 3.37. The zero-order chi connectivity index (χ0) is 31.6. The fourth-order valence-electron chi connectivity index (χ4n) is 5.40. The van der Waals surface area contributed by atoms with Crippen molar-refractivity contribution in [3.63, 3.8) is 0 Å². The van der Waals surface area contributed by atoms with E-state index in [4.69, 9.17) is 14.2 Å². The van der Waals surface area contributed by atoms with Gasteiger partial charge >= 0.3 is 5.97 Å². The summed E-state index contributed by atoms with van der Waals surface area (Å²) in [6.45, 7) is 9.62. The number of rotatable bonds is 10. The third kappa shape index (κ3) is 6.67. The number of carboxylic acid groups (broad SMARTS) is 1. The highest BCUT2D eigenvalue weighted by atomic mass is 19.1. The molecule has 2 aromatic carbocycles. The van der Waals surface area contributed by atoms with Crippen LogP contribution < -0.4 is 14.8 Å². The molecule has 1 aliphatic heterocycles. The number of aromatic nitrogens is 3. The number of nitrogens with zero attached hydrogens (tertiary/aromatic N) is 3. The Balaban J connectivity index is 1.55. The van der Waals surface area contributed by atoms with E-state index in [9.17, 15) is 14.7 Å². The summed E-state index contributed by atoms with van der Waals surface area (Å²) >= 11 is 0. The van der Waals surface area contributed by atoms with E-state index in [2.05, 4.69) is 15.4 Å². The van der Waals surface area contributed by atoms with Crippen LogP contribution in [0.5, 0.6) is 11.5 Å². The van der Waals surface area contributed by atoms with Gasteiger partial charge in [-0.3, -0.25) is 4.79 Å². The van der Waals surface area contributed by atoms with E-state index in [0.717, 1.165) is 23.3 Å². The highest BCUT2D eigenvalue weighted by Crippen LogP contribution is 2.41. The molecular weight excluding hydrogens is 567 g/mol. The molecule has 10 nitrogen and oxygen atoms in total. The van der Waals surface area contributed by atoms with Gasteiger partial charge in [-0.15, -0.1) is 5.10 Å². The summed E-state index contributed by atoms with van der Waals surface area (Å²) in [5.41, 5.74) is 2.41. The molecule has 1 amide bonds. The Hall–Kier alpha value is -4.51. The number of ether oxygens (including phenoxy) is 3. The molecule has 0 bridgehead atoms. The molecule has 0 saturated heterocycles. The Morgan fingerprint density at radius 2 is 1.93 bits per heavy atom. The van der Waals surface area contributed by atoms with Crippen molar-refractivity contribution in [3.05, 3.63) is 70.7 Å². The number of carboxylic acids is 1. The third-order valence-corrected chi connectivity index (χ3v) is 7.31. The van der Waals surface area contributed by atoms with E-state index in [1.54, 1.807) is 33.8 Å². The van der Waals surface area contributed by atoms with Gasteiger partial charge in [0.25, 0.3) is 0 Å². The van der Waals surface area contributed by atoms with Gasteiger partial charge in [-0.05, 0) is 77.6 Å². The Labute approximate surface area is 255 Å². The monoisotopic (exact) mass is 604 g/mol. The highest BCUT2D eigenvalue weighted by molar-refractivity contribution is 5.90. The topological polar surface area (TPSA) is 124 Å². The number of hydrogen-bond donors (Lipinski definition) is 2. The van der Waals surface area contributed by atoms with Crippen molar-refractivity contribution < 1.29 is 33.3 Å². The lowest BCUT2D eigenvalue weighted by atomic mass is 9.91. The van der Waals surface area contributed by atoms with Crippen molar-refractivity contribution >= 4 is 23.3 Å². The molecule has 0 fully saturated rings. The number of aliphatic carboxylic acids is 1. The zero-order valence-corrected chi connectivity index (χ0v) is 25.6. The standard InChI is InChI=1S/C33H37FN4O6/c1-19-22-13-9-16-43-30(22)24(34)17-23(19)29-28(31(32(40)41)44-33(3,4)5)20(2)35-26-18-25(37-38(26)29)36-27(39)14-10-15-42-21-11-7-6-8-12-21/h6-8,11-12,17-18,31H,9-10,13-16H2,1-5H3,(H,40,41)(H,36,37,39)/t31-/m0/s1. The van der Waals surface area contributed by atoms with Crippen LogP contribution in [0, 0.1) is 19.7 Å². The number of nitrogens with one attached hydrogen (secondary N) is 1. The van der Waals surface area contributed by atoms with Crippen molar-refractivity contribution in [1.82, 2.24) is 14.6 Å². The molecule has 232 valence electrons. The summed E-state index contributed by atoms with van der Waals surface area (Å²) < 4.78 is 34.3. The third-order valence-electron chi connectivity index (χ3n) is 7.31. The molecule has 1 atom stereocenters. The van der Waals surface area contributed by atoms with Crippen LogP contribution in [-0.4, -0.2) is 50.4 Å². The molecule has 5 rings (SSSR count). The van der Waals surface area contributed by atoms with Gasteiger partial charge in [0, 0.05) is 34.9 Å². The van der Waals surface area contributed by atoms with Crippen LogP contribution >= 0.6 is 0 Å². The first-order chi connectivity index (χ1) is 20.9. The van der Waals surface area contributed by atoms with Gasteiger partial charge in [-0.2, -0.15) is 0 Å². The van der Waals surface area contributed by atoms with E-state index < -0.39 is 23.5 Å². The van der Waals surface area contributed by atoms with Crippen LogP contribution in [0.2, 0.25) is 0 Å². The Kier molecular flexibility index (Phi) is 8.87. The molecule has 1 aliphatic rings. The van der Waals surface area contributed by atoms with Crippen LogP contribution in [0.1, 0.15) is 68.5 Å². The Bertz CT molecular complexity index is 1700. The summed E-state index contributed by atoms with van der Waals surface area (Å²) in [6.07, 6.45) is 0.600. The summed E-state index contributed by atoms with van der Waals surface area (Å²) in [6, 6.07) is 12.3. The molecule has 0 aliphatic carbocycles. The van der Waals surface area contributed by atoms with Crippen molar-refractivity contribution in [2.24, 2.45) is 0 Å².